The Morgan fingerprint density at radius 1 is 1.47 bits per heavy atom. The Kier molecular flexibility index (Phi) is 3.71. The normalized spacial score (nSPS) is 19.2. The van der Waals surface area contributed by atoms with E-state index < -0.39 is 17.9 Å². The summed E-state index contributed by atoms with van der Waals surface area (Å²) >= 11 is 0. The number of anilines is 1. The minimum Gasteiger partial charge on any atom is -0.478 e. The first kappa shape index (κ1) is 13.4. The van der Waals surface area contributed by atoms with Crippen molar-refractivity contribution in [3.8, 4) is 0 Å². The maximum Gasteiger partial charge on any atom is 0.337 e. The van der Waals surface area contributed by atoms with Gasteiger partial charge in [-0.3, -0.25) is 4.79 Å². The third-order valence-electron chi connectivity index (χ3n) is 3.15. The van der Waals surface area contributed by atoms with Gasteiger partial charge in [-0.05, 0) is 24.6 Å². The number of primary amides is 1. The maximum absolute atomic E-state index is 11.5. The lowest BCUT2D eigenvalue weighted by molar-refractivity contribution is -0.121. The third-order valence-corrected chi connectivity index (χ3v) is 3.15. The van der Waals surface area contributed by atoms with Gasteiger partial charge in [-0.2, -0.15) is 0 Å². The van der Waals surface area contributed by atoms with E-state index in [9.17, 15) is 14.7 Å². The molecule has 6 heteroatoms. The molecule has 0 radical (unpaired) electrons. The molecule has 0 aromatic heterocycles. The molecule has 6 nitrogen and oxygen atoms in total. The van der Waals surface area contributed by atoms with Crippen LogP contribution in [0.4, 0.5) is 5.69 Å². The second-order valence-electron chi connectivity index (χ2n) is 4.51. The van der Waals surface area contributed by atoms with Crippen molar-refractivity contribution < 1.29 is 19.4 Å². The number of rotatable bonds is 3. The Morgan fingerprint density at radius 2 is 2.21 bits per heavy atom. The molecule has 1 aromatic rings. The lowest BCUT2D eigenvalue weighted by atomic mass is 10.1. The van der Waals surface area contributed by atoms with Gasteiger partial charge in [0.1, 0.15) is 6.04 Å². The predicted molar refractivity (Wildman–Crippen MR) is 69.3 cm³/mol. The molecule has 1 heterocycles. The van der Waals surface area contributed by atoms with E-state index >= 15 is 0 Å². The van der Waals surface area contributed by atoms with Crippen molar-refractivity contribution in [2.24, 2.45) is 5.73 Å². The van der Waals surface area contributed by atoms with Gasteiger partial charge in [-0.1, -0.05) is 6.07 Å². The lowest BCUT2D eigenvalue weighted by Gasteiger charge is -2.36. The molecule has 3 N–H and O–H groups in total. The molecule has 19 heavy (non-hydrogen) atoms. The largest absolute Gasteiger partial charge is 0.478 e. The number of nitrogens with zero attached hydrogens (tertiary/aromatic N) is 1. The first-order valence-corrected chi connectivity index (χ1v) is 5.98. The molecule has 2 rings (SSSR count). The van der Waals surface area contributed by atoms with Crippen LogP contribution in [0.15, 0.2) is 18.2 Å². The van der Waals surface area contributed by atoms with Gasteiger partial charge < -0.3 is 20.5 Å². The summed E-state index contributed by atoms with van der Waals surface area (Å²) in [6.45, 7) is 2.94. The maximum atomic E-state index is 11.5. The molecule has 1 aromatic carbocycles. The van der Waals surface area contributed by atoms with E-state index in [1.54, 1.807) is 23.1 Å². The number of carbonyl (C=O) groups is 2. The highest BCUT2D eigenvalue weighted by Crippen LogP contribution is 2.26. The van der Waals surface area contributed by atoms with Crippen LogP contribution in [0.1, 0.15) is 15.9 Å². The first-order chi connectivity index (χ1) is 9.00. The Balaban J connectivity index is 2.46. The number of morpholine rings is 1. The first-order valence-electron chi connectivity index (χ1n) is 5.98. The highest BCUT2D eigenvalue weighted by Gasteiger charge is 2.30. The molecule has 1 atom stereocenters. The van der Waals surface area contributed by atoms with Crippen LogP contribution in [-0.4, -0.2) is 42.8 Å². The summed E-state index contributed by atoms with van der Waals surface area (Å²) in [7, 11) is 0. The SMILES string of the molecule is Cc1ccc(C(=O)O)c(N2CCOCC2C(N)=O)c1. The number of nitrogens with two attached hydrogens (primary N) is 1. The van der Waals surface area contributed by atoms with E-state index in [2.05, 4.69) is 0 Å². The highest BCUT2D eigenvalue weighted by atomic mass is 16.5. The highest BCUT2D eigenvalue weighted by molar-refractivity contribution is 5.96. The minimum atomic E-state index is -1.02. The predicted octanol–water partition coefficient (Wildman–Crippen LogP) is 0.384. The Hall–Kier alpha value is -2.08. The summed E-state index contributed by atoms with van der Waals surface area (Å²) in [4.78, 5) is 24.4. The standard InChI is InChI=1S/C13H16N2O4/c1-8-2-3-9(13(17)18)10(6-8)15-4-5-19-7-11(15)12(14)16/h2-3,6,11H,4-5,7H2,1H3,(H2,14,16)(H,17,18). The van der Waals surface area contributed by atoms with Crippen LogP contribution < -0.4 is 10.6 Å². The molecular formula is C13H16N2O4. The van der Waals surface area contributed by atoms with E-state index in [0.29, 0.717) is 18.8 Å². The van der Waals surface area contributed by atoms with Crippen molar-refractivity contribution in [1.82, 2.24) is 0 Å². The zero-order valence-corrected chi connectivity index (χ0v) is 10.6. The van der Waals surface area contributed by atoms with Gasteiger partial charge in [0.2, 0.25) is 5.91 Å². The molecule has 0 aliphatic carbocycles. The molecule has 0 saturated carbocycles. The van der Waals surface area contributed by atoms with E-state index in [4.69, 9.17) is 10.5 Å². The van der Waals surface area contributed by atoms with Crippen molar-refractivity contribution in [2.45, 2.75) is 13.0 Å². The molecule has 1 saturated heterocycles. The van der Waals surface area contributed by atoms with Crippen LogP contribution in [-0.2, 0) is 9.53 Å². The molecule has 0 spiro atoms. The van der Waals surface area contributed by atoms with E-state index in [-0.39, 0.29) is 12.2 Å². The zero-order chi connectivity index (χ0) is 14.0. The number of ether oxygens (including phenoxy) is 1. The van der Waals surface area contributed by atoms with Gasteiger partial charge in [-0.15, -0.1) is 0 Å². The number of carboxylic acid groups (broad SMARTS) is 1. The smallest absolute Gasteiger partial charge is 0.337 e. The fourth-order valence-electron chi connectivity index (χ4n) is 2.19. The summed E-state index contributed by atoms with van der Waals surface area (Å²) < 4.78 is 5.24. The van der Waals surface area contributed by atoms with Gasteiger partial charge in [-0.25, -0.2) is 4.79 Å². The molecule has 0 bridgehead atoms. The van der Waals surface area contributed by atoms with Crippen LogP contribution in [0, 0.1) is 6.92 Å². The summed E-state index contributed by atoms with van der Waals surface area (Å²) in [5.74, 6) is -1.54. The van der Waals surface area contributed by atoms with Gasteiger partial charge in [0, 0.05) is 6.54 Å². The molecule has 1 aliphatic rings. The third kappa shape index (κ3) is 2.68. The molecule has 1 unspecified atom stereocenters. The number of carboxylic acids is 1. The fourth-order valence-corrected chi connectivity index (χ4v) is 2.19. The number of hydrogen-bond donors (Lipinski definition) is 2. The molecule has 102 valence electrons. The number of hydrogen-bond acceptors (Lipinski definition) is 4. The Bertz CT molecular complexity index is 515. The monoisotopic (exact) mass is 264 g/mol. The van der Waals surface area contributed by atoms with Crippen LogP contribution in [0.3, 0.4) is 0 Å². The summed E-state index contributed by atoms with van der Waals surface area (Å²) in [6, 6.07) is 4.39. The zero-order valence-electron chi connectivity index (χ0n) is 10.6. The van der Waals surface area contributed by atoms with Crippen molar-refractivity contribution in [1.29, 1.82) is 0 Å². The topological polar surface area (TPSA) is 92.9 Å². The molecule has 1 fully saturated rings. The van der Waals surface area contributed by atoms with Crippen LogP contribution >= 0.6 is 0 Å². The fraction of sp³-hybridized carbons (Fsp3) is 0.385. The summed E-state index contributed by atoms with van der Waals surface area (Å²) in [6.07, 6.45) is 0. The average molecular weight is 264 g/mol. The van der Waals surface area contributed by atoms with Gasteiger partial charge in [0.05, 0.1) is 24.5 Å². The van der Waals surface area contributed by atoms with Crippen molar-refractivity contribution in [3.05, 3.63) is 29.3 Å². The van der Waals surface area contributed by atoms with Crippen molar-refractivity contribution in [3.63, 3.8) is 0 Å². The van der Waals surface area contributed by atoms with Gasteiger partial charge in [0.15, 0.2) is 0 Å². The van der Waals surface area contributed by atoms with Crippen molar-refractivity contribution >= 4 is 17.6 Å². The molecular weight excluding hydrogens is 248 g/mol. The molecule has 1 aliphatic heterocycles. The number of carbonyl (C=O) groups excluding carboxylic acids is 1. The summed E-state index contributed by atoms with van der Waals surface area (Å²) in [5.41, 5.74) is 6.96. The number of benzene rings is 1. The lowest BCUT2D eigenvalue weighted by Crippen LogP contribution is -2.53. The average Bonchev–Trinajstić information content (AvgIpc) is 2.38. The van der Waals surface area contributed by atoms with Crippen molar-refractivity contribution in [2.75, 3.05) is 24.7 Å². The molecule has 1 amide bonds. The van der Waals surface area contributed by atoms with E-state index in [1.165, 1.54) is 0 Å². The Labute approximate surface area is 110 Å². The van der Waals surface area contributed by atoms with E-state index in [1.807, 2.05) is 6.92 Å². The minimum absolute atomic E-state index is 0.166. The second-order valence-corrected chi connectivity index (χ2v) is 4.51. The van der Waals surface area contributed by atoms with Crippen LogP contribution in [0.5, 0.6) is 0 Å². The summed E-state index contributed by atoms with van der Waals surface area (Å²) in [5, 5.41) is 9.24. The number of aromatic carboxylic acids is 1. The number of amides is 1. The second kappa shape index (κ2) is 5.27. The van der Waals surface area contributed by atoms with Crippen LogP contribution in [0.2, 0.25) is 0 Å². The quantitative estimate of drug-likeness (QED) is 0.823. The van der Waals surface area contributed by atoms with Gasteiger partial charge in [0.25, 0.3) is 0 Å². The van der Waals surface area contributed by atoms with Gasteiger partial charge >= 0.3 is 5.97 Å². The Morgan fingerprint density at radius 3 is 2.84 bits per heavy atom. The number of aryl methyl sites for hydroxylation is 1. The van der Waals surface area contributed by atoms with E-state index in [0.717, 1.165) is 5.56 Å². The van der Waals surface area contributed by atoms with Crippen LogP contribution in [0.25, 0.3) is 0 Å².